The number of likely N-dealkylation sites (tertiary alicyclic amines) is 1. The van der Waals surface area contributed by atoms with Gasteiger partial charge in [0, 0.05) is 37.9 Å². The Morgan fingerprint density at radius 2 is 1.90 bits per heavy atom. The van der Waals surface area contributed by atoms with Crippen molar-refractivity contribution >= 4 is 17.6 Å². The number of rotatable bonds is 7. The lowest BCUT2D eigenvalue weighted by molar-refractivity contribution is -0.122. The molecule has 0 aliphatic carbocycles. The summed E-state index contributed by atoms with van der Waals surface area (Å²) in [6.45, 7) is 2.16. The molecule has 7 nitrogen and oxygen atoms in total. The highest BCUT2D eigenvalue weighted by molar-refractivity contribution is 5.89. The number of benzene rings is 2. The third-order valence-corrected chi connectivity index (χ3v) is 4.96. The van der Waals surface area contributed by atoms with Gasteiger partial charge < -0.3 is 20.7 Å². The van der Waals surface area contributed by atoms with Crippen LogP contribution in [-0.2, 0) is 11.4 Å². The Labute approximate surface area is 175 Å². The first kappa shape index (κ1) is 21.6. The number of carbonyl (C=O) groups excluding carboxylic acids is 2. The number of likely N-dealkylation sites (N-methyl/N-ethyl adjacent to an activating group) is 1. The van der Waals surface area contributed by atoms with Gasteiger partial charge in [-0.3, -0.25) is 9.69 Å². The summed E-state index contributed by atoms with van der Waals surface area (Å²) >= 11 is 0. The maximum Gasteiger partial charge on any atom is 0.319 e. The fourth-order valence-electron chi connectivity index (χ4n) is 3.33. The van der Waals surface area contributed by atoms with E-state index in [9.17, 15) is 14.0 Å². The van der Waals surface area contributed by atoms with E-state index in [2.05, 4.69) is 20.9 Å². The van der Waals surface area contributed by atoms with E-state index in [0.717, 1.165) is 31.5 Å². The summed E-state index contributed by atoms with van der Waals surface area (Å²) in [6, 6.07) is 13.1. The minimum absolute atomic E-state index is 0.00125. The van der Waals surface area contributed by atoms with E-state index >= 15 is 0 Å². The molecule has 0 spiro atoms. The first-order valence-corrected chi connectivity index (χ1v) is 9.99. The van der Waals surface area contributed by atoms with Crippen molar-refractivity contribution in [3.05, 3.63) is 59.9 Å². The number of nitrogens with zero attached hydrogens (tertiary/aromatic N) is 1. The summed E-state index contributed by atoms with van der Waals surface area (Å²) < 4.78 is 19.0. The van der Waals surface area contributed by atoms with Crippen molar-refractivity contribution in [2.45, 2.75) is 25.5 Å². The molecule has 0 radical (unpaired) electrons. The van der Waals surface area contributed by atoms with Crippen LogP contribution < -0.4 is 20.7 Å². The number of halogens is 1. The van der Waals surface area contributed by atoms with Gasteiger partial charge in [0.1, 0.15) is 18.2 Å². The van der Waals surface area contributed by atoms with Crippen molar-refractivity contribution in [1.29, 1.82) is 0 Å². The van der Waals surface area contributed by atoms with Gasteiger partial charge in [-0.25, -0.2) is 9.18 Å². The third kappa shape index (κ3) is 6.73. The topological polar surface area (TPSA) is 82.7 Å². The highest BCUT2D eigenvalue weighted by Crippen LogP contribution is 2.19. The summed E-state index contributed by atoms with van der Waals surface area (Å²) in [5, 5.41) is 8.42. The minimum atomic E-state index is -0.303. The molecule has 0 saturated carbocycles. The fourth-order valence-corrected chi connectivity index (χ4v) is 3.33. The molecule has 30 heavy (non-hydrogen) atoms. The van der Waals surface area contributed by atoms with E-state index in [1.54, 1.807) is 43.4 Å². The Morgan fingerprint density at radius 1 is 1.13 bits per heavy atom. The molecule has 0 atom stereocenters. The van der Waals surface area contributed by atoms with Crippen LogP contribution in [0.5, 0.6) is 5.75 Å². The zero-order valence-electron chi connectivity index (χ0n) is 17.0. The van der Waals surface area contributed by atoms with Crippen molar-refractivity contribution in [1.82, 2.24) is 15.5 Å². The molecule has 160 valence electrons. The first-order chi connectivity index (χ1) is 14.5. The van der Waals surface area contributed by atoms with Crippen LogP contribution in [0.1, 0.15) is 18.4 Å². The number of nitrogens with one attached hydrogen (secondary N) is 3. The van der Waals surface area contributed by atoms with Gasteiger partial charge in [-0.2, -0.15) is 0 Å². The SMILES string of the molecule is CNC(=O)CN1CCC(NC(=O)Nc2cccc(OCc3cccc(F)c3)c2)CC1. The number of hydrogen-bond acceptors (Lipinski definition) is 4. The molecule has 1 fully saturated rings. The van der Waals surface area contributed by atoms with E-state index in [4.69, 9.17) is 4.74 Å². The highest BCUT2D eigenvalue weighted by Gasteiger charge is 2.21. The van der Waals surface area contributed by atoms with Crippen LogP contribution in [-0.4, -0.2) is 49.6 Å². The molecular weight excluding hydrogens is 387 g/mol. The molecule has 8 heteroatoms. The van der Waals surface area contributed by atoms with Gasteiger partial charge in [-0.15, -0.1) is 0 Å². The van der Waals surface area contributed by atoms with E-state index in [1.807, 2.05) is 0 Å². The summed E-state index contributed by atoms with van der Waals surface area (Å²) in [4.78, 5) is 25.9. The van der Waals surface area contributed by atoms with Gasteiger partial charge >= 0.3 is 6.03 Å². The number of anilines is 1. The number of carbonyl (C=O) groups is 2. The van der Waals surface area contributed by atoms with E-state index in [-0.39, 0.29) is 30.4 Å². The molecule has 1 aliphatic heterocycles. The molecule has 2 aromatic rings. The molecule has 0 aromatic heterocycles. The van der Waals surface area contributed by atoms with Gasteiger partial charge in [-0.05, 0) is 42.7 Å². The van der Waals surface area contributed by atoms with Crippen molar-refractivity contribution in [3.63, 3.8) is 0 Å². The van der Waals surface area contributed by atoms with Crippen LogP contribution in [0.25, 0.3) is 0 Å². The Balaban J connectivity index is 1.44. The van der Waals surface area contributed by atoms with Crippen LogP contribution in [0.3, 0.4) is 0 Å². The summed E-state index contributed by atoms with van der Waals surface area (Å²) in [5.41, 5.74) is 1.34. The molecule has 3 N–H and O–H groups in total. The van der Waals surface area contributed by atoms with E-state index < -0.39 is 0 Å². The molecule has 2 aromatic carbocycles. The normalized spacial score (nSPS) is 14.7. The fraction of sp³-hybridized carbons (Fsp3) is 0.364. The number of piperidine rings is 1. The van der Waals surface area contributed by atoms with E-state index in [1.165, 1.54) is 12.1 Å². The van der Waals surface area contributed by atoms with Crippen molar-refractivity contribution in [3.8, 4) is 5.75 Å². The highest BCUT2D eigenvalue weighted by atomic mass is 19.1. The third-order valence-electron chi connectivity index (χ3n) is 4.96. The maximum absolute atomic E-state index is 13.3. The van der Waals surface area contributed by atoms with Crippen molar-refractivity contribution in [2.75, 3.05) is 32.0 Å². The van der Waals surface area contributed by atoms with E-state index in [0.29, 0.717) is 18.0 Å². The number of amides is 3. The summed E-state index contributed by atoms with van der Waals surface area (Å²) in [6.07, 6.45) is 1.59. The van der Waals surface area contributed by atoms with Gasteiger partial charge in [-0.1, -0.05) is 18.2 Å². The number of hydrogen-bond donors (Lipinski definition) is 3. The average molecular weight is 414 g/mol. The second-order valence-electron chi connectivity index (χ2n) is 7.27. The monoisotopic (exact) mass is 414 g/mol. The molecule has 1 saturated heterocycles. The lowest BCUT2D eigenvalue weighted by Crippen LogP contribution is -2.48. The lowest BCUT2D eigenvalue weighted by atomic mass is 10.1. The van der Waals surface area contributed by atoms with Gasteiger partial charge in [0.2, 0.25) is 5.91 Å². The second-order valence-corrected chi connectivity index (χ2v) is 7.27. The van der Waals surface area contributed by atoms with Gasteiger partial charge in [0.15, 0.2) is 0 Å². The average Bonchev–Trinajstić information content (AvgIpc) is 2.74. The first-order valence-electron chi connectivity index (χ1n) is 9.99. The predicted molar refractivity (Wildman–Crippen MR) is 113 cm³/mol. The summed E-state index contributed by atoms with van der Waals surface area (Å²) in [7, 11) is 1.63. The number of ether oxygens (including phenoxy) is 1. The molecule has 1 aliphatic rings. The zero-order chi connectivity index (χ0) is 21.3. The number of urea groups is 1. The second kappa shape index (κ2) is 10.6. The smallest absolute Gasteiger partial charge is 0.319 e. The standard InChI is InChI=1S/C22H27FN4O3/c1-24-21(28)14-27-10-8-18(9-11-27)25-22(29)26-19-6-3-7-20(13-19)30-15-16-4-2-5-17(23)12-16/h2-7,12-13,18H,8-11,14-15H2,1H3,(H,24,28)(H2,25,26,29). The lowest BCUT2D eigenvalue weighted by Gasteiger charge is -2.31. The molecule has 3 rings (SSSR count). The van der Waals surface area contributed by atoms with Crippen LogP contribution >= 0.6 is 0 Å². The Morgan fingerprint density at radius 3 is 2.63 bits per heavy atom. The van der Waals surface area contributed by atoms with Crippen molar-refractivity contribution < 1.29 is 18.7 Å². The molecule has 3 amide bonds. The largest absolute Gasteiger partial charge is 0.489 e. The Bertz CT molecular complexity index is 869. The zero-order valence-corrected chi connectivity index (χ0v) is 17.0. The Kier molecular flexibility index (Phi) is 7.62. The van der Waals surface area contributed by atoms with Crippen LogP contribution in [0.2, 0.25) is 0 Å². The van der Waals surface area contributed by atoms with Crippen LogP contribution in [0.4, 0.5) is 14.9 Å². The molecule has 1 heterocycles. The maximum atomic E-state index is 13.3. The predicted octanol–water partition coefficient (Wildman–Crippen LogP) is 2.74. The van der Waals surface area contributed by atoms with Crippen LogP contribution in [0, 0.1) is 5.82 Å². The molecular formula is C22H27FN4O3. The van der Waals surface area contributed by atoms with Crippen molar-refractivity contribution in [2.24, 2.45) is 0 Å². The molecule has 0 bridgehead atoms. The molecule has 0 unspecified atom stereocenters. The minimum Gasteiger partial charge on any atom is -0.489 e. The Hall–Kier alpha value is -3.13. The van der Waals surface area contributed by atoms with Crippen LogP contribution in [0.15, 0.2) is 48.5 Å². The summed E-state index contributed by atoms with van der Waals surface area (Å²) in [5.74, 6) is 0.279. The van der Waals surface area contributed by atoms with Gasteiger partial charge in [0.25, 0.3) is 0 Å². The quantitative estimate of drug-likeness (QED) is 0.651. The van der Waals surface area contributed by atoms with Gasteiger partial charge in [0.05, 0.1) is 6.54 Å².